The quantitative estimate of drug-likeness (QED) is 0.273. The number of methoxy groups -OCH3 is 1. The second-order valence-corrected chi connectivity index (χ2v) is 7.57. The van der Waals surface area contributed by atoms with Crippen molar-refractivity contribution < 1.29 is 23.0 Å². The average Bonchev–Trinajstić information content (AvgIpc) is 2.84. The first-order valence-corrected chi connectivity index (χ1v) is 11.6. The molecule has 5 heteroatoms. The van der Waals surface area contributed by atoms with Gasteiger partial charge in [-0.1, -0.05) is 64.8 Å². The van der Waals surface area contributed by atoms with Gasteiger partial charge in [0.15, 0.2) is 11.7 Å². The van der Waals surface area contributed by atoms with Crippen LogP contribution < -0.4 is 0 Å². The highest BCUT2D eigenvalue weighted by atomic mass is 19.2. The van der Waals surface area contributed by atoms with E-state index in [2.05, 4.69) is 19.1 Å². The van der Waals surface area contributed by atoms with E-state index in [1.54, 1.807) is 6.92 Å². The molecule has 0 amide bonds. The Bertz CT molecular complexity index is 687. The van der Waals surface area contributed by atoms with Gasteiger partial charge in [0.05, 0.1) is 19.8 Å². The van der Waals surface area contributed by atoms with Crippen LogP contribution in [0.2, 0.25) is 0 Å². The Balaban J connectivity index is 0.00000233. The molecule has 176 valence electrons. The predicted molar refractivity (Wildman–Crippen MR) is 123 cm³/mol. The van der Waals surface area contributed by atoms with E-state index in [-0.39, 0.29) is 24.5 Å². The maximum atomic E-state index is 14.2. The van der Waals surface area contributed by atoms with Gasteiger partial charge in [-0.3, -0.25) is 0 Å². The van der Waals surface area contributed by atoms with Gasteiger partial charge in [-0.2, -0.15) is 8.78 Å². The Morgan fingerprint density at radius 2 is 1.74 bits per heavy atom. The monoisotopic (exact) mass is 438 g/mol. The fourth-order valence-electron chi connectivity index (χ4n) is 3.47. The maximum absolute atomic E-state index is 14.2. The zero-order chi connectivity index (χ0) is 23.2. The average molecular weight is 439 g/mol. The Hall–Kier alpha value is -1.88. The van der Waals surface area contributed by atoms with Crippen LogP contribution in [0.25, 0.3) is 0 Å². The van der Waals surface area contributed by atoms with Gasteiger partial charge in [-0.15, -0.1) is 0 Å². The molecular formula is C26H40F2O3. The van der Waals surface area contributed by atoms with Crippen molar-refractivity contribution in [2.45, 2.75) is 91.8 Å². The smallest absolute Gasteiger partial charge is 0.199 e. The number of unbranched alkanes of at least 4 members (excludes halogenated alkanes) is 1. The first kappa shape index (κ1) is 27.2. The SMILES string of the molecule is CC.CCCCC1CCC(c2ccc(CO/C(CC)=C(F)/C(F)=C(\C)OC)cc2)CO1. The fraction of sp³-hybridized carbons (Fsp3) is 0.615. The van der Waals surface area contributed by atoms with Crippen molar-refractivity contribution in [1.29, 1.82) is 0 Å². The number of halogens is 2. The molecule has 2 unspecified atom stereocenters. The number of hydrogen-bond acceptors (Lipinski definition) is 3. The number of hydrogen-bond donors (Lipinski definition) is 0. The minimum absolute atomic E-state index is 0.0122. The topological polar surface area (TPSA) is 27.7 Å². The lowest BCUT2D eigenvalue weighted by atomic mass is 9.90. The number of benzene rings is 1. The Labute approximate surface area is 187 Å². The van der Waals surface area contributed by atoms with E-state index in [0.29, 0.717) is 12.0 Å². The Kier molecular flexibility index (Phi) is 13.1. The number of ether oxygens (including phenoxy) is 3. The van der Waals surface area contributed by atoms with Gasteiger partial charge in [0.1, 0.15) is 18.1 Å². The van der Waals surface area contributed by atoms with Gasteiger partial charge in [0.25, 0.3) is 0 Å². The highest BCUT2D eigenvalue weighted by Gasteiger charge is 2.22. The summed E-state index contributed by atoms with van der Waals surface area (Å²) in [6.45, 7) is 10.3. The molecule has 0 aliphatic carbocycles. The third-order valence-corrected chi connectivity index (χ3v) is 5.49. The van der Waals surface area contributed by atoms with Gasteiger partial charge in [0.2, 0.25) is 0 Å². The maximum Gasteiger partial charge on any atom is 0.199 e. The first-order chi connectivity index (χ1) is 15.0. The predicted octanol–water partition coefficient (Wildman–Crippen LogP) is 8.12. The molecule has 1 heterocycles. The van der Waals surface area contributed by atoms with Crippen molar-refractivity contribution in [3.63, 3.8) is 0 Å². The van der Waals surface area contributed by atoms with Crippen LogP contribution in [0, 0.1) is 0 Å². The molecule has 1 fully saturated rings. The Morgan fingerprint density at radius 3 is 2.26 bits per heavy atom. The summed E-state index contributed by atoms with van der Waals surface area (Å²) < 4.78 is 44.5. The van der Waals surface area contributed by atoms with Crippen LogP contribution in [0.15, 0.2) is 47.4 Å². The molecule has 0 bridgehead atoms. The summed E-state index contributed by atoms with van der Waals surface area (Å²) >= 11 is 0. The molecule has 2 rings (SSSR count). The molecule has 0 N–H and O–H groups in total. The zero-order valence-corrected chi connectivity index (χ0v) is 20.1. The van der Waals surface area contributed by atoms with Gasteiger partial charge in [0, 0.05) is 12.3 Å². The van der Waals surface area contributed by atoms with E-state index in [0.717, 1.165) is 31.4 Å². The molecule has 1 saturated heterocycles. The summed E-state index contributed by atoms with van der Waals surface area (Å²) in [4.78, 5) is 0. The van der Waals surface area contributed by atoms with E-state index in [1.807, 2.05) is 26.0 Å². The lowest BCUT2D eigenvalue weighted by molar-refractivity contribution is -0.00189. The van der Waals surface area contributed by atoms with Crippen molar-refractivity contribution in [2.24, 2.45) is 0 Å². The van der Waals surface area contributed by atoms with Gasteiger partial charge in [-0.25, -0.2) is 0 Å². The third kappa shape index (κ3) is 8.64. The summed E-state index contributed by atoms with van der Waals surface area (Å²) in [6.07, 6.45) is 6.51. The van der Waals surface area contributed by atoms with Crippen LogP contribution >= 0.6 is 0 Å². The third-order valence-electron chi connectivity index (χ3n) is 5.49. The summed E-state index contributed by atoms with van der Waals surface area (Å²) in [5.74, 6) is -1.72. The molecule has 1 aliphatic heterocycles. The van der Waals surface area contributed by atoms with E-state index >= 15 is 0 Å². The van der Waals surface area contributed by atoms with E-state index < -0.39 is 11.7 Å². The molecular weight excluding hydrogens is 398 g/mol. The largest absolute Gasteiger partial charge is 0.498 e. The lowest BCUT2D eigenvalue weighted by Gasteiger charge is -2.29. The van der Waals surface area contributed by atoms with E-state index in [9.17, 15) is 8.78 Å². The van der Waals surface area contributed by atoms with Crippen molar-refractivity contribution in [2.75, 3.05) is 13.7 Å². The summed E-state index contributed by atoms with van der Waals surface area (Å²) in [5.41, 5.74) is 2.17. The molecule has 1 aliphatic rings. The number of allylic oxidation sites excluding steroid dienone is 4. The van der Waals surface area contributed by atoms with Crippen LogP contribution in [0.3, 0.4) is 0 Å². The molecule has 0 aromatic heterocycles. The highest BCUT2D eigenvalue weighted by Crippen LogP contribution is 2.30. The van der Waals surface area contributed by atoms with Crippen LogP contribution in [0.1, 0.15) is 90.2 Å². The molecule has 0 saturated carbocycles. The van der Waals surface area contributed by atoms with E-state index in [4.69, 9.17) is 14.2 Å². The minimum Gasteiger partial charge on any atom is -0.498 e. The standard InChI is InChI=1S/C24H34F2O3.C2H6/c1-5-7-8-21-14-13-20(16-28-21)19-11-9-18(10-12-19)15-29-22(6-2)24(26)23(25)17(3)27-4;1-2/h9-12,20-21H,5-8,13-16H2,1-4H3;1-2H3/b23-17-,24-22-;. The molecule has 0 radical (unpaired) electrons. The van der Waals surface area contributed by atoms with Crippen molar-refractivity contribution in [3.8, 4) is 0 Å². The van der Waals surface area contributed by atoms with Gasteiger partial charge >= 0.3 is 0 Å². The van der Waals surface area contributed by atoms with E-state index in [1.165, 1.54) is 32.4 Å². The zero-order valence-electron chi connectivity index (χ0n) is 20.1. The van der Waals surface area contributed by atoms with Crippen LogP contribution in [-0.4, -0.2) is 19.8 Å². The van der Waals surface area contributed by atoms with Gasteiger partial charge in [-0.05, 0) is 37.3 Å². The molecule has 3 nitrogen and oxygen atoms in total. The normalized spacial score (nSPS) is 20.1. The lowest BCUT2D eigenvalue weighted by Crippen LogP contribution is -2.24. The molecule has 2 atom stereocenters. The van der Waals surface area contributed by atoms with Crippen molar-refractivity contribution in [1.82, 2.24) is 0 Å². The fourth-order valence-corrected chi connectivity index (χ4v) is 3.47. The van der Waals surface area contributed by atoms with Crippen molar-refractivity contribution >= 4 is 0 Å². The summed E-state index contributed by atoms with van der Waals surface area (Å²) in [5, 5.41) is 0. The minimum atomic E-state index is -1.02. The highest BCUT2D eigenvalue weighted by molar-refractivity contribution is 5.27. The molecule has 1 aromatic rings. The summed E-state index contributed by atoms with van der Waals surface area (Å²) in [6, 6.07) is 8.13. The van der Waals surface area contributed by atoms with Crippen LogP contribution in [-0.2, 0) is 20.8 Å². The first-order valence-electron chi connectivity index (χ1n) is 11.6. The van der Waals surface area contributed by atoms with Gasteiger partial charge < -0.3 is 14.2 Å². The molecule has 1 aromatic carbocycles. The van der Waals surface area contributed by atoms with Crippen LogP contribution in [0.4, 0.5) is 8.78 Å². The Morgan fingerprint density at radius 1 is 1.06 bits per heavy atom. The molecule has 0 spiro atoms. The second kappa shape index (κ2) is 15.0. The second-order valence-electron chi connectivity index (χ2n) is 7.57. The van der Waals surface area contributed by atoms with Crippen molar-refractivity contribution in [3.05, 3.63) is 58.6 Å². The summed E-state index contributed by atoms with van der Waals surface area (Å²) in [7, 11) is 1.30. The van der Waals surface area contributed by atoms with Crippen LogP contribution in [0.5, 0.6) is 0 Å². The number of rotatable bonds is 10. The molecule has 31 heavy (non-hydrogen) atoms.